The Labute approximate surface area is 131 Å². The van der Waals surface area contributed by atoms with Crippen LogP contribution in [0.4, 0.5) is 0 Å². The Bertz CT molecular complexity index is 838. The average molecular weight is 313 g/mol. The van der Waals surface area contributed by atoms with Crippen molar-refractivity contribution in [3.8, 4) is 5.82 Å². The molecule has 8 nitrogen and oxygen atoms in total. The molecular weight excluding hydrogens is 298 g/mol. The van der Waals surface area contributed by atoms with Crippen LogP contribution in [0.25, 0.3) is 16.7 Å². The summed E-state index contributed by atoms with van der Waals surface area (Å²) in [5, 5.41) is 4.59. The highest BCUT2D eigenvalue weighted by atomic mass is 16.5. The van der Waals surface area contributed by atoms with E-state index >= 15 is 0 Å². The Hall–Kier alpha value is -3.03. The number of nitrogens with zero attached hydrogens (tertiary/aromatic N) is 4. The number of aromatic nitrogens is 5. The van der Waals surface area contributed by atoms with Crippen molar-refractivity contribution in [1.82, 2.24) is 24.7 Å². The second-order valence-electron chi connectivity index (χ2n) is 4.94. The van der Waals surface area contributed by atoms with Crippen LogP contribution in [0.2, 0.25) is 0 Å². The van der Waals surface area contributed by atoms with Crippen molar-refractivity contribution in [2.24, 2.45) is 0 Å². The molecule has 1 N–H and O–H groups in total. The number of fused-ring (bicyclic) bond motifs is 1. The molecule has 0 aliphatic heterocycles. The summed E-state index contributed by atoms with van der Waals surface area (Å²) in [7, 11) is 0. The largest absolute Gasteiger partial charge is 0.461 e. The van der Waals surface area contributed by atoms with E-state index in [1.807, 2.05) is 6.92 Å². The van der Waals surface area contributed by atoms with Crippen LogP contribution in [0.5, 0.6) is 0 Å². The van der Waals surface area contributed by atoms with Gasteiger partial charge in [-0.15, -0.1) is 0 Å². The van der Waals surface area contributed by atoms with Crippen LogP contribution in [-0.4, -0.2) is 43.6 Å². The number of carbonyl (C=O) groups is 2. The summed E-state index contributed by atoms with van der Waals surface area (Å²) in [6.07, 6.45) is 6.79. The highest BCUT2D eigenvalue weighted by molar-refractivity contribution is 6.06. The van der Waals surface area contributed by atoms with Crippen LogP contribution in [0.15, 0.2) is 24.9 Å². The first-order valence-corrected chi connectivity index (χ1v) is 7.24. The van der Waals surface area contributed by atoms with Crippen molar-refractivity contribution >= 4 is 23.2 Å². The van der Waals surface area contributed by atoms with Gasteiger partial charge >= 0.3 is 5.97 Å². The second-order valence-corrected chi connectivity index (χ2v) is 4.94. The number of esters is 1. The van der Waals surface area contributed by atoms with Crippen molar-refractivity contribution in [2.45, 2.75) is 19.8 Å². The molecule has 0 aliphatic rings. The minimum atomic E-state index is -0.537. The lowest BCUT2D eigenvalue weighted by Crippen LogP contribution is -2.11. The molecule has 3 aromatic rings. The third-order valence-electron chi connectivity index (χ3n) is 3.39. The maximum atomic E-state index is 12.3. The minimum Gasteiger partial charge on any atom is -0.461 e. The molecule has 8 heteroatoms. The molecule has 0 aromatic carbocycles. The van der Waals surface area contributed by atoms with Gasteiger partial charge in [-0.05, 0) is 12.5 Å². The van der Waals surface area contributed by atoms with Crippen LogP contribution < -0.4 is 0 Å². The molecule has 0 aliphatic carbocycles. The lowest BCUT2D eigenvalue weighted by molar-refractivity contribution is 0.0495. The SMILES string of the molecule is CCCCOC(=O)c1nc(-n2cncn2)cc2c(C=O)c[nH]c12. The standard InChI is InChI=1S/C15H15N5O3/c1-2-3-4-23-15(22)14-13-11(10(7-21)6-17-13)5-12(19-14)20-9-16-8-18-20/h5-9,17H,2-4H2,1H3. The van der Waals surface area contributed by atoms with Crippen molar-refractivity contribution in [3.63, 3.8) is 0 Å². The summed E-state index contributed by atoms with van der Waals surface area (Å²) < 4.78 is 6.66. The van der Waals surface area contributed by atoms with Gasteiger partial charge in [-0.25, -0.2) is 19.4 Å². The molecule has 0 fully saturated rings. The fourth-order valence-corrected chi connectivity index (χ4v) is 2.20. The van der Waals surface area contributed by atoms with E-state index in [1.165, 1.54) is 23.5 Å². The normalized spacial score (nSPS) is 10.8. The Morgan fingerprint density at radius 3 is 3.04 bits per heavy atom. The molecule has 0 bridgehead atoms. The van der Waals surface area contributed by atoms with Gasteiger partial charge in [-0.1, -0.05) is 13.3 Å². The number of ether oxygens (including phenoxy) is 1. The quantitative estimate of drug-likeness (QED) is 0.423. The predicted octanol–water partition coefficient (Wildman–Crippen LogP) is 1.91. The van der Waals surface area contributed by atoms with Gasteiger partial charge in [0, 0.05) is 17.1 Å². The molecule has 3 rings (SSSR count). The number of H-pyrrole nitrogens is 1. The van der Waals surface area contributed by atoms with E-state index in [9.17, 15) is 9.59 Å². The number of hydrogen-bond acceptors (Lipinski definition) is 6. The van der Waals surface area contributed by atoms with Crippen molar-refractivity contribution in [2.75, 3.05) is 6.61 Å². The highest BCUT2D eigenvalue weighted by Gasteiger charge is 2.19. The van der Waals surface area contributed by atoms with Crippen molar-refractivity contribution in [3.05, 3.63) is 36.2 Å². The average Bonchev–Trinajstić information content (AvgIpc) is 3.23. The zero-order valence-electron chi connectivity index (χ0n) is 12.5. The Morgan fingerprint density at radius 1 is 1.48 bits per heavy atom. The Kier molecular flexibility index (Phi) is 4.13. The topological polar surface area (TPSA) is 103 Å². The smallest absolute Gasteiger partial charge is 0.359 e. The fraction of sp³-hybridized carbons (Fsp3) is 0.267. The first-order valence-electron chi connectivity index (χ1n) is 7.24. The molecule has 3 aromatic heterocycles. The van der Waals surface area contributed by atoms with Crippen LogP contribution in [0, 0.1) is 0 Å². The monoisotopic (exact) mass is 313 g/mol. The second kappa shape index (κ2) is 6.39. The molecule has 0 saturated heterocycles. The minimum absolute atomic E-state index is 0.122. The van der Waals surface area contributed by atoms with E-state index in [2.05, 4.69) is 20.1 Å². The molecule has 0 amide bonds. The summed E-state index contributed by atoms with van der Waals surface area (Å²) in [5.74, 6) is -0.148. The van der Waals surface area contributed by atoms with Gasteiger partial charge < -0.3 is 9.72 Å². The van der Waals surface area contributed by atoms with Gasteiger partial charge in [0.25, 0.3) is 0 Å². The summed E-state index contributed by atoms with van der Waals surface area (Å²) in [6.45, 7) is 2.34. The van der Waals surface area contributed by atoms with E-state index in [4.69, 9.17) is 4.74 Å². The van der Waals surface area contributed by atoms with Crippen LogP contribution in [0.1, 0.15) is 40.6 Å². The lowest BCUT2D eigenvalue weighted by atomic mass is 10.2. The summed E-state index contributed by atoms with van der Waals surface area (Å²) in [6, 6.07) is 1.67. The number of pyridine rings is 1. The van der Waals surface area contributed by atoms with Gasteiger partial charge in [-0.2, -0.15) is 5.10 Å². The van der Waals surface area contributed by atoms with Crippen LogP contribution in [0.3, 0.4) is 0 Å². The number of rotatable bonds is 6. The number of nitrogens with one attached hydrogen (secondary N) is 1. The molecule has 118 valence electrons. The zero-order valence-corrected chi connectivity index (χ0v) is 12.5. The molecular formula is C15H15N5O3. The number of carbonyl (C=O) groups excluding carboxylic acids is 2. The molecule has 3 heterocycles. The fourth-order valence-electron chi connectivity index (χ4n) is 2.20. The van der Waals surface area contributed by atoms with Crippen molar-refractivity contribution < 1.29 is 14.3 Å². The number of aldehydes is 1. The first-order chi connectivity index (χ1) is 11.2. The van der Waals surface area contributed by atoms with E-state index in [0.717, 1.165) is 19.1 Å². The first kappa shape index (κ1) is 14.9. The highest BCUT2D eigenvalue weighted by Crippen LogP contribution is 2.23. The third kappa shape index (κ3) is 2.83. The predicted molar refractivity (Wildman–Crippen MR) is 81.6 cm³/mol. The number of hydrogen-bond donors (Lipinski definition) is 1. The molecule has 0 saturated carbocycles. The van der Waals surface area contributed by atoms with Gasteiger partial charge in [0.1, 0.15) is 12.7 Å². The number of aromatic amines is 1. The maximum absolute atomic E-state index is 12.3. The number of unbranched alkanes of at least 4 members (excludes halogenated alkanes) is 1. The van der Waals surface area contributed by atoms with Gasteiger partial charge in [0.05, 0.1) is 12.1 Å². The Morgan fingerprint density at radius 2 is 2.35 bits per heavy atom. The molecule has 0 spiro atoms. The lowest BCUT2D eigenvalue weighted by Gasteiger charge is -2.07. The van der Waals surface area contributed by atoms with Gasteiger partial charge in [0.15, 0.2) is 17.8 Å². The van der Waals surface area contributed by atoms with E-state index < -0.39 is 5.97 Å². The molecule has 0 atom stereocenters. The maximum Gasteiger partial charge on any atom is 0.359 e. The Balaban J connectivity index is 2.09. The van der Waals surface area contributed by atoms with E-state index in [0.29, 0.717) is 28.9 Å². The summed E-state index contributed by atoms with van der Waals surface area (Å²) in [4.78, 5) is 34.6. The van der Waals surface area contributed by atoms with E-state index in [-0.39, 0.29) is 5.69 Å². The van der Waals surface area contributed by atoms with Crippen LogP contribution >= 0.6 is 0 Å². The molecule has 0 radical (unpaired) electrons. The summed E-state index contributed by atoms with van der Waals surface area (Å²) in [5.41, 5.74) is 1.03. The van der Waals surface area contributed by atoms with Gasteiger partial charge in [0.2, 0.25) is 0 Å². The van der Waals surface area contributed by atoms with E-state index in [1.54, 1.807) is 6.07 Å². The van der Waals surface area contributed by atoms with Crippen molar-refractivity contribution in [1.29, 1.82) is 0 Å². The molecule has 23 heavy (non-hydrogen) atoms. The molecule has 0 unspecified atom stereocenters. The zero-order chi connectivity index (χ0) is 16.2. The van der Waals surface area contributed by atoms with Crippen LogP contribution in [-0.2, 0) is 4.74 Å². The third-order valence-corrected chi connectivity index (χ3v) is 3.39. The van der Waals surface area contributed by atoms with Gasteiger partial charge in [-0.3, -0.25) is 4.79 Å². The summed E-state index contributed by atoms with van der Waals surface area (Å²) >= 11 is 0.